The summed E-state index contributed by atoms with van der Waals surface area (Å²) in [5.41, 5.74) is 4.47. The number of carbonyl (C=O) groups is 3. The first-order valence-corrected chi connectivity index (χ1v) is 37.1. The van der Waals surface area contributed by atoms with Gasteiger partial charge in [-0.2, -0.15) is 51.8 Å². The molecule has 2 saturated heterocycles. The summed E-state index contributed by atoms with van der Waals surface area (Å²) in [5.74, 6) is 28.2. The molecule has 0 aromatic carbocycles. The molecule has 10 aromatic rings. The minimum atomic E-state index is -5.08. The smallest absolute Gasteiger partial charge is 0.475 e. The van der Waals surface area contributed by atoms with Crippen molar-refractivity contribution < 1.29 is 55.7 Å². The molecule has 2 atom stereocenters. The lowest BCUT2D eigenvalue weighted by molar-refractivity contribution is -0.193. The minimum absolute atomic E-state index is 0.141. The fourth-order valence-electron chi connectivity index (χ4n) is 12.2. The summed E-state index contributed by atoms with van der Waals surface area (Å²) in [5, 5.41) is 38.0. The summed E-state index contributed by atoms with van der Waals surface area (Å²) >= 11 is 0. The van der Waals surface area contributed by atoms with Crippen molar-refractivity contribution in [2.75, 3.05) is 54.4 Å². The fourth-order valence-corrected chi connectivity index (χ4v) is 12.2. The number of amides is 1. The van der Waals surface area contributed by atoms with Crippen LogP contribution in [-0.4, -0.2) is 193 Å². The molecule has 630 valence electrons. The zero-order chi connectivity index (χ0) is 87.3. The van der Waals surface area contributed by atoms with Gasteiger partial charge in [0, 0.05) is 80.5 Å². The number of fused-ring (bicyclic) bond motifs is 5. The molecule has 0 radical (unpaired) electrons. The number of carboxylic acids is 2. The van der Waals surface area contributed by atoms with E-state index in [2.05, 4.69) is 132 Å². The largest absolute Gasteiger partial charge is 0.490 e. The number of nitrogens with one attached hydrogen (secondary N) is 1. The molecule has 2 aliphatic heterocycles. The molecular formula is C77H94F6N24O11. The third-order valence-corrected chi connectivity index (χ3v) is 18.4. The number of piperidine rings is 1. The number of halogens is 6. The SMILES string of the molecule is CC#CCn1c(C)nc2c(=O)n(C)ncc21.CC#CCn1c(C)nc2cnn(C)c(=O)c21.CC#CCn1c(N2CCCCC2)nc2c(=O)n(C)ncc21.CC#CCn1c(N2CCN(C(=O)OC(C)(C)C)CC2)nc2c(=O)n(C)ncc21.CC#CCn1c(N[C@@H]2CCCC[C@H]2C)nc2cnn(C)c(=O)c21.O=C(O)C(F)(F)F.O=C(O)C(F)(F)F. The highest BCUT2D eigenvalue weighted by atomic mass is 19.4. The van der Waals surface area contributed by atoms with Crippen LogP contribution in [0.15, 0.2) is 55.0 Å². The molecule has 3 fully saturated rings. The summed E-state index contributed by atoms with van der Waals surface area (Å²) in [4.78, 5) is 119. The first-order chi connectivity index (χ1) is 55.7. The summed E-state index contributed by atoms with van der Waals surface area (Å²) in [6, 6.07) is 0.394. The Morgan fingerprint density at radius 1 is 0.458 bits per heavy atom. The number of ether oxygens (including phenoxy) is 1. The Hall–Kier alpha value is -13.3. The van der Waals surface area contributed by atoms with Gasteiger partial charge in [0.15, 0.2) is 16.6 Å². The number of carbonyl (C=O) groups excluding carboxylic acids is 1. The Kier molecular flexibility index (Phi) is 31.8. The second kappa shape index (κ2) is 40.8. The molecule has 0 bridgehead atoms. The highest BCUT2D eigenvalue weighted by molar-refractivity contribution is 5.80. The number of nitrogens with zero attached hydrogens (tertiary/aromatic N) is 23. The Morgan fingerprint density at radius 3 is 1.22 bits per heavy atom. The van der Waals surface area contributed by atoms with Gasteiger partial charge in [-0.1, -0.05) is 49.4 Å². The summed E-state index contributed by atoms with van der Waals surface area (Å²) < 4.78 is 84.9. The Labute approximate surface area is 672 Å². The van der Waals surface area contributed by atoms with Crippen molar-refractivity contribution in [2.24, 2.45) is 41.2 Å². The second-order valence-electron chi connectivity index (χ2n) is 27.8. The third-order valence-electron chi connectivity index (χ3n) is 18.4. The predicted octanol–water partition coefficient (Wildman–Crippen LogP) is 6.69. The maximum Gasteiger partial charge on any atom is 0.490 e. The molecule has 0 unspecified atom stereocenters. The van der Waals surface area contributed by atoms with E-state index >= 15 is 0 Å². The number of imidazole rings is 5. The number of hydrogen-bond acceptors (Lipinski definition) is 22. The lowest BCUT2D eigenvalue weighted by atomic mass is 9.86. The summed E-state index contributed by atoms with van der Waals surface area (Å²) in [7, 11) is 8.14. The van der Waals surface area contributed by atoms with E-state index in [9.17, 15) is 55.1 Å². The molecule has 13 rings (SSSR count). The maximum atomic E-state index is 12.4. The van der Waals surface area contributed by atoms with Crippen molar-refractivity contribution in [3.05, 3.63) is 94.4 Å². The van der Waals surface area contributed by atoms with E-state index in [1.54, 1.807) is 98.8 Å². The van der Waals surface area contributed by atoms with Crippen LogP contribution in [0.25, 0.3) is 55.2 Å². The molecule has 118 heavy (non-hydrogen) atoms. The molecule has 1 aliphatic carbocycles. The van der Waals surface area contributed by atoms with Gasteiger partial charge in [-0.15, -0.1) is 29.6 Å². The highest BCUT2D eigenvalue weighted by Crippen LogP contribution is 2.29. The minimum Gasteiger partial charge on any atom is -0.475 e. The van der Waals surface area contributed by atoms with Crippen LogP contribution in [0, 0.1) is 79.0 Å². The average Bonchev–Trinajstić information content (AvgIpc) is 1.64. The zero-order valence-electron chi connectivity index (χ0n) is 68.4. The first-order valence-electron chi connectivity index (χ1n) is 37.1. The van der Waals surface area contributed by atoms with Gasteiger partial charge < -0.3 is 44.1 Å². The first kappa shape index (κ1) is 91.9. The average molecular weight is 1650 g/mol. The number of rotatable bonds is 9. The number of anilines is 3. The summed E-state index contributed by atoms with van der Waals surface area (Å²) in [6.07, 6.45) is 6.24. The molecule has 10 aromatic heterocycles. The topological polar surface area (TPSA) is 386 Å². The van der Waals surface area contributed by atoms with E-state index in [0.29, 0.717) is 121 Å². The molecule has 0 spiro atoms. The van der Waals surface area contributed by atoms with Gasteiger partial charge in [0.2, 0.25) is 17.8 Å². The van der Waals surface area contributed by atoms with Crippen molar-refractivity contribution in [1.29, 1.82) is 0 Å². The van der Waals surface area contributed by atoms with Crippen LogP contribution in [0.5, 0.6) is 0 Å². The van der Waals surface area contributed by atoms with E-state index in [-0.39, 0.29) is 33.9 Å². The molecule has 1 amide bonds. The van der Waals surface area contributed by atoms with Crippen molar-refractivity contribution in [3.63, 3.8) is 0 Å². The number of aromatic nitrogens is 20. The fraction of sp³-hybridized carbons (Fsp3) is 0.506. The lowest BCUT2D eigenvalue weighted by Gasteiger charge is -2.36. The predicted molar refractivity (Wildman–Crippen MR) is 429 cm³/mol. The highest BCUT2D eigenvalue weighted by Gasteiger charge is 2.39. The lowest BCUT2D eigenvalue weighted by Crippen LogP contribution is -2.50. The maximum absolute atomic E-state index is 12.4. The van der Waals surface area contributed by atoms with Gasteiger partial charge in [-0.3, -0.25) is 37.7 Å². The molecule has 41 heteroatoms. The van der Waals surface area contributed by atoms with E-state index in [0.717, 1.165) is 54.1 Å². The monoisotopic (exact) mass is 1640 g/mol. The number of aliphatic carboxylic acids is 2. The quantitative estimate of drug-likeness (QED) is 0.100. The van der Waals surface area contributed by atoms with Crippen molar-refractivity contribution >= 4 is 91.0 Å². The van der Waals surface area contributed by atoms with Crippen LogP contribution in [0.3, 0.4) is 0 Å². The number of aryl methyl sites for hydroxylation is 7. The van der Waals surface area contributed by atoms with Gasteiger partial charge in [0.05, 0.1) is 80.3 Å². The number of carboxylic acid groups (broad SMARTS) is 2. The summed E-state index contributed by atoms with van der Waals surface area (Å²) in [6.45, 7) is 27.1. The number of piperazine rings is 1. The molecule has 3 N–H and O–H groups in total. The van der Waals surface area contributed by atoms with Crippen molar-refractivity contribution in [2.45, 2.75) is 178 Å². The van der Waals surface area contributed by atoms with Crippen LogP contribution < -0.4 is 42.9 Å². The van der Waals surface area contributed by atoms with E-state index in [1.807, 2.05) is 64.4 Å². The van der Waals surface area contributed by atoms with Crippen LogP contribution >= 0.6 is 0 Å². The van der Waals surface area contributed by atoms with Crippen LogP contribution in [0.2, 0.25) is 0 Å². The van der Waals surface area contributed by atoms with Gasteiger partial charge >= 0.3 is 30.4 Å². The second-order valence-corrected chi connectivity index (χ2v) is 27.8. The van der Waals surface area contributed by atoms with Crippen LogP contribution in [0.4, 0.5) is 49.0 Å². The number of hydrogen-bond donors (Lipinski definition) is 3. The third kappa shape index (κ3) is 23.3. The van der Waals surface area contributed by atoms with Gasteiger partial charge in [-0.05, 0) is 107 Å². The van der Waals surface area contributed by atoms with Crippen molar-refractivity contribution in [3.8, 4) is 59.2 Å². The van der Waals surface area contributed by atoms with Gasteiger partial charge in [0.25, 0.3) is 27.8 Å². The molecule has 3 aliphatic rings. The van der Waals surface area contributed by atoms with E-state index in [4.69, 9.17) is 24.5 Å². The molecule has 12 heterocycles. The zero-order valence-corrected chi connectivity index (χ0v) is 68.4. The number of alkyl halides is 6. The van der Waals surface area contributed by atoms with Crippen LogP contribution in [0.1, 0.15) is 119 Å². The normalized spacial score (nSPS) is 14.4. The van der Waals surface area contributed by atoms with Gasteiger partial charge in [0.1, 0.15) is 39.3 Å². The van der Waals surface area contributed by atoms with E-state index < -0.39 is 29.9 Å². The standard InChI is InChI=1S/C19H26N6O3.C17H23N5O.C15H19N5O.2C11H12N4O.2C2HF3O2/c1-6-7-8-25-14-13-20-22(5)16(26)15(14)21-17(25)23-9-11-24(12-10-23)18(27)28-19(2,3)4;1-4-5-10-22-15-14(11-18-21(3)16(15)23)20-17(22)19-13-9-7-6-8-12(13)2;1-3-4-10-20-12-11-16-18(2)14(21)13(12)17-15(20)19-8-6-5-7-9-19;1-4-5-6-15-8(2)13-10-9(15)7-12-14(3)11(10)16;1-4-5-6-15-8(2)13-9-7-12-14(3)11(16)10(9)15;2*3-2(4,5)1(6)7/h13H,8-12H2,1-5H3;11-13H,6-10H2,1-3H3,(H,19,20);11H,5-10H2,1-2H3;2*7H,6H2,1-3H3;2*(H,6,7)/t;12-,13-;;;;;/m.1...../s1. The van der Waals surface area contributed by atoms with E-state index in [1.165, 1.54) is 61.9 Å². The molecular weight excluding hydrogens is 1550 g/mol. The Morgan fingerprint density at radius 2 is 0.805 bits per heavy atom. The van der Waals surface area contributed by atoms with Crippen molar-refractivity contribution in [1.82, 2.24) is 102 Å². The van der Waals surface area contributed by atoms with Crippen LogP contribution in [-0.2, 0) is 82.3 Å². The Balaban J connectivity index is 0.000000198. The van der Waals surface area contributed by atoms with Gasteiger partial charge in [-0.25, -0.2) is 62.7 Å². The molecule has 1 saturated carbocycles. The Bertz CT molecular complexity index is 5930. The molecule has 35 nitrogen and oxygen atoms in total.